The highest BCUT2D eigenvalue weighted by molar-refractivity contribution is 7.08. The molecule has 2 N–H and O–H groups in total. The monoisotopic (exact) mass is 287 g/mol. The topological polar surface area (TPSA) is 74.2 Å². The minimum Gasteiger partial charge on any atom is -0.484 e. The SMILES string of the molecule is NCc1cccc(OCc2nc(-c3ccsc3)no2)c1. The lowest BCUT2D eigenvalue weighted by Crippen LogP contribution is -1.99. The molecule has 0 atom stereocenters. The summed E-state index contributed by atoms with van der Waals surface area (Å²) in [4.78, 5) is 4.29. The van der Waals surface area contributed by atoms with Crippen LogP contribution in [0, 0.1) is 0 Å². The molecule has 0 bridgehead atoms. The highest BCUT2D eigenvalue weighted by Crippen LogP contribution is 2.19. The van der Waals surface area contributed by atoms with Crippen LogP contribution in [-0.4, -0.2) is 10.1 Å². The molecule has 20 heavy (non-hydrogen) atoms. The van der Waals surface area contributed by atoms with Crippen molar-refractivity contribution in [1.29, 1.82) is 0 Å². The second kappa shape index (κ2) is 5.85. The van der Waals surface area contributed by atoms with Gasteiger partial charge in [0.05, 0.1) is 0 Å². The second-order valence-corrected chi connectivity index (χ2v) is 4.94. The fourth-order valence-corrected chi connectivity index (χ4v) is 2.36. The third kappa shape index (κ3) is 2.87. The normalized spacial score (nSPS) is 10.7. The third-order valence-corrected chi connectivity index (χ3v) is 3.43. The fraction of sp³-hybridized carbons (Fsp3) is 0.143. The molecule has 0 aliphatic rings. The lowest BCUT2D eigenvalue weighted by Gasteiger charge is -2.04. The Hall–Kier alpha value is -2.18. The van der Waals surface area contributed by atoms with E-state index < -0.39 is 0 Å². The van der Waals surface area contributed by atoms with Crippen LogP contribution in [0.1, 0.15) is 11.5 Å². The van der Waals surface area contributed by atoms with E-state index in [0.717, 1.165) is 16.9 Å². The first kappa shape index (κ1) is 12.8. The van der Waals surface area contributed by atoms with Gasteiger partial charge in [0.2, 0.25) is 5.82 Å². The molecule has 0 aliphatic heterocycles. The van der Waals surface area contributed by atoms with Crippen molar-refractivity contribution in [3.8, 4) is 17.1 Å². The van der Waals surface area contributed by atoms with Gasteiger partial charge in [0.15, 0.2) is 6.61 Å². The Kier molecular flexibility index (Phi) is 3.76. The zero-order chi connectivity index (χ0) is 13.8. The van der Waals surface area contributed by atoms with Gasteiger partial charge in [-0.15, -0.1) is 0 Å². The molecule has 3 aromatic rings. The van der Waals surface area contributed by atoms with Gasteiger partial charge in [-0.05, 0) is 29.1 Å². The number of hydrogen-bond acceptors (Lipinski definition) is 6. The summed E-state index contributed by atoms with van der Waals surface area (Å²) in [5.41, 5.74) is 7.56. The van der Waals surface area contributed by atoms with Gasteiger partial charge < -0.3 is 15.0 Å². The molecule has 2 aromatic heterocycles. The third-order valence-electron chi connectivity index (χ3n) is 2.74. The van der Waals surface area contributed by atoms with Crippen LogP contribution in [0.15, 0.2) is 45.6 Å². The van der Waals surface area contributed by atoms with Crippen molar-refractivity contribution in [3.63, 3.8) is 0 Å². The number of rotatable bonds is 5. The van der Waals surface area contributed by atoms with Gasteiger partial charge in [-0.1, -0.05) is 17.3 Å². The van der Waals surface area contributed by atoms with E-state index in [4.69, 9.17) is 15.0 Å². The van der Waals surface area contributed by atoms with Crippen molar-refractivity contribution in [2.24, 2.45) is 5.73 Å². The molecule has 0 saturated heterocycles. The summed E-state index contributed by atoms with van der Waals surface area (Å²) < 4.78 is 10.8. The van der Waals surface area contributed by atoms with Gasteiger partial charge >= 0.3 is 0 Å². The largest absolute Gasteiger partial charge is 0.484 e. The number of hydrogen-bond donors (Lipinski definition) is 1. The van der Waals surface area contributed by atoms with Crippen LogP contribution in [0.25, 0.3) is 11.4 Å². The van der Waals surface area contributed by atoms with Crippen LogP contribution in [0.4, 0.5) is 0 Å². The Labute approximate surface area is 120 Å². The zero-order valence-electron chi connectivity index (χ0n) is 10.7. The van der Waals surface area contributed by atoms with Crippen molar-refractivity contribution in [1.82, 2.24) is 10.1 Å². The average Bonchev–Trinajstić information content (AvgIpc) is 3.16. The molecule has 5 nitrogen and oxygen atoms in total. The number of nitrogens with two attached hydrogens (primary N) is 1. The van der Waals surface area contributed by atoms with Crippen molar-refractivity contribution >= 4 is 11.3 Å². The molecular formula is C14H13N3O2S. The lowest BCUT2D eigenvalue weighted by molar-refractivity contribution is 0.243. The molecule has 0 fully saturated rings. The number of thiophene rings is 1. The first-order valence-electron chi connectivity index (χ1n) is 6.12. The van der Waals surface area contributed by atoms with E-state index in [-0.39, 0.29) is 6.61 Å². The van der Waals surface area contributed by atoms with E-state index in [1.807, 2.05) is 41.1 Å². The van der Waals surface area contributed by atoms with Gasteiger partial charge in [-0.25, -0.2) is 0 Å². The molecule has 0 unspecified atom stereocenters. The summed E-state index contributed by atoms with van der Waals surface area (Å²) in [6, 6.07) is 9.58. The van der Waals surface area contributed by atoms with E-state index in [1.165, 1.54) is 0 Å². The highest BCUT2D eigenvalue weighted by Gasteiger charge is 2.09. The zero-order valence-corrected chi connectivity index (χ0v) is 11.5. The standard InChI is InChI=1S/C14H13N3O2S/c15-7-10-2-1-3-12(6-10)18-8-13-16-14(17-19-13)11-4-5-20-9-11/h1-6,9H,7-8,15H2. The molecule has 3 rings (SSSR count). The maximum absolute atomic E-state index is 5.62. The molecule has 0 amide bonds. The smallest absolute Gasteiger partial charge is 0.264 e. The minimum absolute atomic E-state index is 0.241. The first-order chi connectivity index (χ1) is 9.85. The van der Waals surface area contributed by atoms with E-state index in [2.05, 4.69) is 10.1 Å². The van der Waals surface area contributed by atoms with Gasteiger partial charge in [0.25, 0.3) is 5.89 Å². The summed E-state index contributed by atoms with van der Waals surface area (Å²) >= 11 is 1.59. The Bertz CT molecular complexity index is 679. The van der Waals surface area contributed by atoms with Gasteiger partial charge in [-0.3, -0.25) is 0 Å². The molecule has 0 aliphatic carbocycles. The molecule has 2 heterocycles. The van der Waals surface area contributed by atoms with Crippen LogP contribution < -0.4 is 10.5 Å². The van der Waals surface area contributed by atoms with Crippen LogP contribution >= 0.6 is 11.3 Å². The van der Waals surface area contributed by atoms with Crippen molar-refractivity contribution in [2.75, 3.05) is 0 Å². The summed E-state index contributed by atoms with van der Waals surface area (Å²) in [5, 5.41) is 7.87. The van der Waals surface area contributed by atoms with E-state index in [0.29, 0.717) is 18.3 Å². The van der Waals surface area contributed by atoms with Crippen LogP contribution in [0.2, 0.25) is 0 Å². The summed E-state index contributed by atoms with van der Waals surface area (Å²) in [5.74, 6) is 1.77. The van der Waals surface area contributed by atoms with Crippen LogP contribution in [0.3, 0.4) is 0 Å². The molecule has 1 aromatic carbocycles. The predicted molar refractivity (Wildman–Crippen MR) is 76.3 cm³/mol. The second-order valence-electron chi connectivity index (χ2n) is 4.16. The van der Waals surface area contributed by atoms with Crippen molar-refractivity contribution in [2.45, 2.75) is 13.2 Å². The molecule has 0 saturated carbocycles. The molecule has 102 valence electrons. The summed E-state index contributed by atoms with van der Waals surface area (Å²) in [6.07, 6.45) is 0. The van der Waals surface area contributed by atoms with Gasteiger partial charge in [-0.2, -0.15) is 16.3 Å². The van der Waals surface area contributed by atoms with Gasteiger partial charge in [0.1, 0.15) is 5.75 Å². The number of nitrogens with zero attached hydrogens (tertiary/aromatic N) is 2. The molecular weight excluding hydrogens is 274 g/mol. The predicted octanol–water partition coefficient (Wildman–Crippen LogP) is 2.84. The molecule has 6 heteroatoms. The Balaban J connectivity index is 1.66. The highest BCUT2D eigenvalue weighted by atomic mass is 32.1. The van der Waals surface area contributed by atoms with Crippen molar-refractivity contribution in [3.05, 3.63) is 52.5 Å². The lowest BCUT2D eigenvalue weighted by atomic mass is 10.2. The van der Waals surface area contributed by atoms with E-state index in [1.54, 1.807) is 11.3 Å². The van der Waals surface area contributed by atoms with Crippen LogP contribution in [0.5, 0.6) is 5.75 Å². The number of aromatic nitrogens is 2. The Morgan fingerprint density at radius 2 is 2.25 bits per heavy atom. The first-order valence-corrected chi connectivity index (χ1v) is 7.06. The Morgan fingerprint density at radius 3 is 3.05 bits per heavy atom. The van der Waals surface area contributed by atoms with E-state index >= 15 is 0 Å². The summed E-state index contributed by atoms with van der Waals surface area (Å²) in [7, 11) is 0. The number of benzene rings is 1. The maximum atomic E-state index is 5.62. The summed E-state index contributed by atoms with van der Waals surface area (Å²) in [6.45, 7) is 0.727. The van der Waals surface area contributed by atoms with Crippen LogP contribution in [-0.2, 0) is 13.2 Å². The average molecular weight is 287 g/mol. The minimum atomic E-state index is 0.241. The Morgan fingerprint density at radius 1 is 1.30 bits per heavy atom. The number of ether oxygens (including phenoxy) is 1. The van der Waals surface area contributed by atoms with Crippen molar-refractivity contribution < 1.29 is 9.26 Å². The maximum Gasteiger partial charge on any atom is 0.264 e. The van der Waals surface area contributed by atoms with E-state index in [9.17, 15) is 0 Å². The fourth-order valence-electron chi connectivity index (χ4n) is 1.73. The van der Waals surface area contributed by atoms with Gasteiger partial charge in [0, 0.05) is 17.5 Å². The quantitative estimate of drug-likeness (QED) is 0.781. The molecule has 0 radical (unpaired) electrons. The molecule has 0 spiro atoms.